The number of benzene rings is 1. The molecule has 0 saturated heterocycles. The van der Waals surface area contributed by atoms with E-state index in [9.17, 15) is 14.4 Å². The van der Waals surface area contributed by atoms with E-state index in [4.69, 9.17) is 0 Å². The Hall–Kier alpha value is -1.97. The van der Waals surface area contributed by atoms with E-state index in [1.807, 2.05) is 0 Å². The van der Waals surface area contributed by atoms with Gasteiger partial charge in [-0.3, -0.25) is 4.79 Å². The molecule has 0 N–H and O–H groups in total. The Kier molecular flexibility index (Phi) is 4.39. The lowest BCUT2D eigenvalue weighted by Gasteiger charge is -2.01. The van der Waals surface area contributed by atoms with Crippen LogP contribution >= 0.6 is 0 Å². The molecular weight excluding hydrogens is 208 g/mol. The summed E-state index contributed by atoms with van der Waals surface area (Å²) in [4.78, 5) is 33.1. The fraction of sp³-hybridized carbons (Fsp3) is 0.250. The fourth-order valence-electron chi connectivity index (χ4n) is 1.07. The van der Waals surface area contributed by atoms with Crippen molar-refractivity contribution in [3.8, 4) is 0 Å². The summed E-state index contributed by atoms with van der Waals surface area (Å²) in [5.74, 6) is -1.47. The summed E-state index contributed by atoms with van der Waals surface area (Å²) in [5, 5.41) is 0. The third kappa shape index (κ3) is 4.04. The van der Waals surface area contributed by atoms with Gasteiger partial charge in [0.25, 0.3) is 0 Å². The van der Waals surface area contributed by atoms with Crippen molar-refractivity contribution in [2.45, 2.75) is 19.8 Å². The van der Waals surface area contributed by atoms with Gasteiger partial charge in [0, 0.05) is 6.42 Å². The minimum Gasteiger partial charge on any atom is -0.389 e. The minimum absolute atomic E-state index is 0.0616. The van der Waals surface area contributed by atoms with Crippen molar-refractivity contribution in [3.05, 3.63) is 35.9 Å². The van der Waals surface area contributed by atoms with Gasteiger partial charge in [-0.2, -0.15) is 0 Å². The molecule has 16 heavy (non-hydrogen) atoms. The first kappa shape index (κ1) is 12.1. The number of esters is 2. The normalized spacial score (nSPS) is 9.56. The summed E-state index contributed by atoms with van der Waals surface area (Å²) in [6, 6.07) is 8.23. The molecule has 0 spiro atoms. The summed E-state index contributed by atoms with van der Waals surface area (Å²) in [6.45, 7) is 1.38. The minimum atomic E-state index is -0.686. The van der Waals surface area contributed by atoms with Crippen LogP contribution in [0.1, 0.15) is 30.1 Å². The monoisotopic (exact) mass is 220 g/mol. The largest absolute Gasteiger partial charge is 0.389 e. The number of rotatable bonds is 4. The van der Waals surface area contributed by atoms with Crippen LogP contribution in [0, 0.1) is 0 Å². The fourth-order valence-corrected chi connectivity index (χ4v) is 1.07. The van der Waals surface area contributed by atoms with Gasteiger partial charge in [0.1, 0.15) is 5.78 Å². The van der Waals surface area contributed by atoms with Crippen LogP contribution in [-0.4, -0.2) is 17.7 Å². The zero-order valence-corrected chi connectivity index (χ0v) is 8.93. The molecule has 0 bridgehead atoms. The molecule has 1 aromatic carbocycles. The number of hydrogen-bond donors (Lipinski definition) is 0. The molecule has 0 saturated carbocycles. The summed E-state index contributed by atoms with van der Waals surface area (Å²) >= 11 is 0. The third-order valence-corrected chi connectivity index (χ3v) is 1.90. The van der Waals surface area contributed by atoms with Crippen molar-refractivity contribution in [1.82, 2.24) is 0 Å². The first-order valence-corrected chi connectivity index (χ1v) is 4.89. The van der Waals surface area contributed by atoms with Gasteiger partial charge < -0.3 is 9.53 Å². The highest BCUT2D eigenvalue weighted by molar-refractivity contribution is 5.97. The Morgan fingerprint density at radius 1 is 1.06 bits per heavy atom. The van der Waals surface area contributed by atoms with Crippen LogP contribution in [0.4, 0.5) is 0 Å². The molecule has 4 heteroatoms. The molecule has 0 heterocycles. The van der Waals surface area contributed by atoms with Crippen LogP contribution in [0.25, 0.3) is 0 Å². The average molecular weight is 220 g/mol. The summed E-state index contributed by atoms with van der Waals surface area (Å²) in [5.41, 5.74) is 0.318. The molecule has 0 fully saturated rings. The van der Waals surface area contributed by atoms with Gasteiger partial charge in [-0.25, -0.2) is 4.79 Å². The Balaban J connectivity index is 2.46. The van der Waals surface area contributed by atoms with Crippen LogP contribution in [0.2, 0.25) is 0 Å². The summed E-state index contributed by atoms with van der Waals surface area (Å²) in [6.07, 6.45) is 0.0365. The third-order valence-electron chi connectivity index (χ3n) is 1.90. The van der Waals surface area contributed by atoms with Gasteiger partial charge in [-0.15, -0.1) is 0 Å². The number of carbonyl (C=O) groups excluding carboxylic acids is 3. The number of ketones is 1. The molecular formula is C12H12O4. The average Bonchev–Trinajstić information content (AvgIpc) is 2.27. The second-order valence-corrected chi connectivity index (χ2v) is 3.33. The molecule has 84 valence electrons. The zero-order valence-electron chi connectivity index (χ0n) is 8.93. The highest BCUT2D eigenvalue weighted by Crippen LogP contribution is 2.03. The highest BCUT2D eigenvalue weighted by atomic mass is 16.6. The van der Waals surface area contributed by atoms with Crippen molar-refractivity contribution >= 4 is 17.7 Å². The smallest absolute Gasteiger partial charge is 0.345 e. The van der Waals surface area contributed by atoms with E-state index >= 15 is 0 Å². The van der Waals surface area contributed by atoms with Crippen molar-refractivity contribution in [3.63, 3.8) is 0 Å². The number of hydrogen-bond acceptors (Lipinski definition) is 4. The molecule has 1 aromatic rings. The molecule has 0 radical (unpaired) electrons. The molecule has 0 aliphatic heterocycles. The van der Waals surface area contributed by atoms with Crippen LogP contribution in [-0.2, 0) is 14.3 Å². The molecule has 0 aliphatic rings. The highest BCUT2D eigenvalue weighted by Gasteiger charge is 2.12. The SMILES string of the molecule is CC(=O)CCC(=O)OC(=O)c1ccccc1. The molecule has 1 rings (SSSR count). The van der Waals surface area contributed by atoms with E-state index in [1.165, 1.54) is 6.92 Å². The maximum absolute atomic E-state index is 11.4. The molecule has 0 aromatic heterocycles. The van der Waals surface area contributed by atoms with Gasteiger partial charge in [0.2, 0.25) is 0 Å². The van der Waals surface area contributed by atoms with Crippen LogP contribution in [0.5, 0.6) is 0 Å². The number of carbonyl (C=O) groups is 3. The lowest BCUT2D eigenvalue weighted by atomic mass is 10.2. The molecule has 0 atom stereocenters. The lowest BCUT2D eigenvalue weighted by Crippen LogP contribution is -2.13. The summed E-state index contributed by atoms with van der Waals surface area (Å²) < 4.78 is 4.56. The second kappa shape index (κ2) is 5.80. The Morgan fingerprint density at radius 2 is 1.69 bits per heavy atom. The van der Waals surface area contributed by atoms with Crippen molar-refractivity contribution in [2.24, 2.45) is 0 Å². The van der Waals surface area contributed by atoms with E-state index in [-0.39, 0.29) is 18.6 Å². The first-order chi connectivity index (χ1) is 7.59. The molecule has 0 unspecified atom stereocenters. The van der Waals surface area contributed by atoms with E-state index in [0.717, 1.165) is 0 Å². The lowest BCUT2D eigenvalue weighted by molar-refractivity contribution is -0.139. The maximum atomic E-state index is 11.4. The predicted molar refractivity (Wildman–Crippen MR) is 56.8 cm³/mol. The summed E-state index contributed by atoms with van der Waals surface area (Å²) in [7, 11) is 0. The van der Waals surface area contributed by atoms with Crippen LogP contribution in [0.3, 0.4) is 0 Å². The Labute approximate surface area is 93.2 Å². The first-order valence-electron chi connectivity index (χ1n) is 4.89. The quantitative estimate of drug-likeness (QED) is 0.572. The van der Waals surface area contributed by atoms with Crippen molar-refractivity contribution in [1.29, 1.82) is 0 Å². The zero-order chi connectivity index (χ0) is 12.0. The van der Waals surface area contributed by atoms with Gasteiger partial charge in [-0.1, -0.05) is 18.2 Å². The molecule has 4 nitrogen and oxygen atoms in total. The molecule has 0 aliphatic carbocycles. The Bertz CT molecular complexity index is 395. The van der Waals surface area contributed by atoms with E-state index < -0.39 is 11.9 Å². The standard InChI is InChI=1S/C12H12O4/c1-9(13)7-8-11(14)16-12(15)10-5-3-2-4-6-10/h2-6H,7-8H2,1H3. The number of ether oxygens (including phenoxy) is 1. The van der Waals surface area contributed by atoms with Gasteiger partial charge >= 0.3 is 11.9 Å². The second-order valence-electron chi connectivity index (χ2n) is 3.33. The van der Waals surface area contributed by atoms with Crippen LogP contribution in [0.15, 0.2) is 30.3 Å². The van der Waals surface area contributed by atoms with Gasteiger partial charge in [-0.05, 0) is 19.1 Å². The topological polar surface area (TPSA) is 60.4 Å². The van der Waals surface area contributed by atoms with Gasteiger partial charge in [0.15, 0.2) is 0 Å². The predicted octanol–water partition coefficient (Wildman–Crippen LogP) is 1.74. The van der Waals surface area contributed by atoms with E-state index in [2.05, 4.69) is 4.74 Å². The maximum Gasteiger partial charge on any atom is 0.345 e. The van der Waals surface area contributed by atoms with Crippen molar-refractivity contribution in [2.75, 3.05) is 0 Å². The van der Waals surface area contributed by atoms with E-state index in [1.54, 1.807) is 30.3 Å². The molecule has 0 amide bonds. The van der Waals surface area contributed by atoms with Crippen molar-refractivity contribution < 1.29 is 19.1 Å². The van der Waals surface area contributed by atoms with E-state index in [0.29, 0.717) is 5.56 Å². The Morgan fingerprint density at radius 3 is 2.25 bits per heavy atom. The van der Waals surface area contributed by atoms with Crippen LogP contribution < -0.4 is 0 Å². The number of Topliss-reactive ketones (excluding diaryl/α,β-unsaturated/α-hetero) is 1. The van der Waals surface area contributed by atoms with Gasteiger partial charge in [0.05, 0.1) is 12.0 Å².